The number of benzene rings is 1. The van der Waals surface area contributed by atoms with Crippen molar-refractivity contribution in [1.29, 1.82) is 0 Å². The lowest BCUT2D eigenvalue weighted by Gasteiger charge is -2.09. The fraction of sp³-hybridized carbons (Fsp3) is 0.308. The third-order valence-corrected chi connectivity index (χ3v) is 2.50. The number of carbonyl (C=O) groups is 3. The monoisotopic (exact) mass is 278 g/mol. The SMILES string of the molecule is CC(=O)Nc1ccc(N)c(C(=O)NCCCC(N)=O)c1. The lowest BCUT2D eigenvalue weighted by molar-refractivity contribution is -0.118. The van der Waals surface area contributed by atoms with Crippen LogP contribution < -0.4 is 22.1 Å². The first-order chi connectivity index (χ1) is 9.40. The highest BCUT2D eigenvalue weighted by molar-refractivity contribution is 6.01. The van der Waals surface area contributed by atoms with Gasteiger partial charge >= 0.3 is 0 Å². The van der Waals surface area contributed by atoms with Crippen LogP contribution in [0.1, 0.15) is 30.1 Å². The minimum absolute atomic E-state index is 0.210. The number of amides is 3. The molecule has 0 aliphatic carbocycles. The summed E-state index contributed by atoms with van der Waals surface area (Å²) >= 11 is 0. The zero-order chi connectivity index (χ0) is 15.1. The Hall–Kier alpha value is -2.57. The highest BCUT2D eigenvalue weighted by Gasteiger charge is 2.10. The van der Waals surface area contributed by atoms with Gasteiger partial charge in [-0.25, -0.2) is 0 Å². The Morgan fingerprint density at radius 1 is 1.25 bits per heavy atom. The second-order valence-corrected chi connectivity index (χ2v) is 4.31. The maximum absolute atomic E-state index is 11.9. The van der Waals surface area contributed by atoms with Crippen molar-refractivity contribution in [3.05, 3.63) is 23.8 Å². The smallest absolute Gasteiger partial charge is 0.253 e. The zero-order valence-electron chi connectivity index (χ0n) is 11.2. The number of nitrogens with one attached hydrogen (secondary N) is 2. The minimum Gasteiger partial charge on any atom is -0.398 e. The molecule has 0 spiro atoms. The van der Waals surface area contributed by atoms with Crippen molar-refractivity contribution in [3.8, 4) is 0 Å². The van der Waals surface area contributed by atoms with Gasteiger partial charge in [-0.1, -0.05) is 0 Å². The van der Waals surface area contributed by atoms with Gasteiger partial charge in [0.2, 0.25) is 11.8 Å². The van der Waals surface area contributed by atoms with Crippen LogP contribution in [-0.4, -0.2) is 24.3 Å². The minimum atomic E-state index is -0.411. The van der Waals surface area contributed by atoms with Crippen molar-refractivity contribution < 1.29 is 14.4 Å². The van der Waals surface area contributed by atoms with Crippen molar-refractivity contribution in [2.45, 2.75) is 19.8 Å². The summed E-state index contributed by atoms with van der Waals surface area (Å²) in [5.74, 6) is -1.01. The van der Waals surface area contributed by atoms with E-state index in [4.69, 9.17) is 11.5 Å². The summed E-state index contributed by atoms with van der Waals surface area (Å²) in [6.07, 6.45) is 0.675. The maximum atomic E-state index is 11.9. The van der Waals surface area contributed by atoms with Gasteiger partial charge in [0.1, 0.15) is 0 Å². The van der Waals surface area contributed by atoms with Crippen molar-refractivity contribution in [1.82, 2.24) is 5.32 Å². The summed E-state index contributed by atoms with van der Waals surface area (Å²) in [5, 5.41) is 5.21. The second kappa shape index (κ2) is 7.13. The average molecular weight is 278 g/mol. The fourth-order valence-electron chi connectivity index (χ4n) is 1.59. The maximum Gasteiger partial charge on any atom is 0.253 e. The Balaban J connectivity index is 2.66. The molecule has 0 heterocycles. The number of nitrogen functional groups attached to an aromatic ring is 1. The molecule has 20 heavy (non-hydrogen) atoms. The van der Waals surface area contributed by atoms with Crippen LogP contribution in [0, 0.1) is 0 Å². The first kappa shape index (κ1) is 15.5. The van der Waals surface area contributed by atoms with Gasteiger partial charge in [-0.15, -0.1) is 0 Å². The van der Waals surface area contributed by atoms with E-state index in [2.05, 4.69) is 10.6 Å². The van der Waals surface area contributed by atoms with Crippen LogP contribution >= 0.6 is 0 Å². The van der Waals surface area contributed by atoms with Crippen LogP contribution in [-0.2, 0) is 9.59 Å². The van der Waals surface area contributed by atoms with Gasteiger partial charge in [0.25, 0.3) is 5.91 Å². The van der Waals surface area contributed by atoms with Crippen LogP contribution in [0.2, 0.25) is 0 Å². The van der Waals surface area contributed by atoms with Gasteiger partial charge in [-0.3, -0.25) is 14.4 Å². The molecule has 0 saturated heterocycles. The standard InChI is InChI=1S/C13H18N4O3/c1-8(18)17-9-4-5-11(14)10(7-9)13(20)16-6-2-3-12(15)19/h4-5,7H,2-3,6,14H2,1H3,(H2,15,19)(H,16,20)(H,17,18). The molecule has 0 bridgehead atoms. The van der Waals surface area contributed by atoms with E-state index < -0.39 is 5.91 Å². The van der Waals surface area contributed by atoms with Gasteiger partial charge in [0.05, 0.1) is 5.56 Å². The van der Waals surface area contributed by atoms with E-state index in [0.717, 1.165) is 0 Å². The normalized spacial score (nSPS) is 9.85. The summed E-state index contributed by atoms with van der Waals surface area (Å²) in [4.78, 5) is 33.5. The topological polar surface area (TPSA) is 127 Å². The lowest BCUT2D eigenvalue weighted by atomic mass is 10.1. The predicted octanol–water partition coefficient (Wildman–Crippen LogP) is 0.223. The number of rotatable bonds is 6. The van der Waals surface area contributed by atoms with Crippen molar-refractivity contribution in [3.63, 3.8) is 0 Å². The first-order valence-electron chi connectivity index (χ1n) is 6.13. The zero-order valence-corrected chi connectivity index (χ0v) is 11.2. The van der Waals surface area contributed by atoms with Gasteiger partial charge < -0.3 is 22.1 Å². The Morgan fingerprint density at radius 3 is 2.55 bits per heavy atom. The second-order valence-electron chi connectivity index (χ2n) is 4.31. The molecule has 0 radical (unpaired) electrons. The molecule has 0 aliphatic heterocycles. The van der Waals surface area contributed by atoms with Crippen LogP contribution in [0.3, 0.4) is 0 Å². The molecule has 3 amide bonds. The van der Waals surface area contributed by atoms with Crippen molar-refractivity contribution >= 4 is 29.1 Å². The van der Waals surface area contributed by atoms with Gasteiger partial charge in [-0.05, 0) is 24.6 Å². The summed E-state index contributed by atoms with van der Waals surface area (Å²) in [6.45, 7) is 1.70. The highest BCUT2D eigenvalue weighted by atomic mass is 16.2. The largest absolute Gasteiger partial charge is 0.398 e. The first-order valence-corrected chi connectivity index (χ1v) is 6.13. The molecular formula is C13H18N4O3. The Kier molecular flexibility index (Phi) is 5.52. The summed E-state index contributed by atoms with van der Waals surface area (Å²) < 4.78 is 0. The fourth-order valence-corrected chi connectivity index (χ4v) is 1.59. The third-order valence-electron chi connectivity index (χ3n) is 2.50. The summed E-state index contributed by atoms with van der Waals surface area (Å²) in [5.41, 5.74) is 11.8. The Labute approximate surface area is 116 Å². The molecule has 1 aromatic rings. The van der Waals surface area contributed by atoms with Crippen LogP contribution in [0.4, 0.5) is 11.4 Å². The van der Waals surface area contributed by atoms with E-state index in [1.54, 1.807) is 12.1 Å². The molecule has 0 saturated carbocycles. The third kappa shape index (κ3) is 4.97. The van der Waals surface area contributed by atoms with Gasteiger partial charge in [0, 0.05) is 31.3 Å². The van der Waals surface area contributed by atoms with E-state index in [-0.39, 0.29) is 23.8 Å². The molecule has 0 unspecified atom stereocenters. The average Bonchev–Trinajstić information content (AvgIpc) is 2.36. The molecule has 0 atom stereocenters. The predicted molar refractivity (Wildman–Crippen MR) is 75.9 cm³/mol. The molecular weight excluding hydrogens is 260 g/mol. The molecule has 1 aromatic carbocycles. The number of hydrogen-bond acceptors (Lipinski definition) is 4. The van der Waals surface area contributed by atoms with E-state index in [1.165, 1.54) is 13.0 Å². The quantitative estimate of drug-likeness (QED) is 0.438. The highest BCUT2D eigenvalue weighted by Crippen LogP contribution is 2.17. The molecule has 7 heteroatoms. The summed E-state index contributed by atoms with van der Waals surface area (Å²) in [7, 11) is 0. The Bertz CT molecular complexity index is 528. The van der Waals surface area contributed by atoms with Crippen molar-refractivity contribution in [2.75, 3.05) is 17.6 Å². The Morgan fingerprint density at radius 2 is 1.95 bits per heavy atom. The van der Waals surface area contributed by atoms with Crippen molar-refractivity contribution in [2.24, 2.45) is 5.73 Å². The number of carbonyl (C=O) groups excluding carboxylic acids is 3. The molecule has 7 nitrogen and oxygen atoms in total. The van der Waals surface area contributed by atoms with Crippen LogP contribution in [0.5, 0.6) is 0 Å². The lowest BCUT2D eigenvalue weighted by Crippen LogP contribution is -2.26. The molecule has 0 aliphatic rings. The van der Waals surface area contributed by atoms with Crippen LogP contribution in [0.15, 0.2) is 18.2 Å². The summed E-state index contributed by atoms with van der Waals surface area (Å²) in [6, 6.07) is 4.66. The molecule has 6 N–H and O–H groups in total. The molecule has 1 rings (SSSR count). The van der Waals surface area contributed by atoms with Gasteiger partial charge in [0.15, 0.2) is 0 Å². The molecule has 0 aromatic heterocycles. The van der Waals surface area contributed by atoms with E-state index >= 15 is 0 Å². The number of primary amides is 1. The molecule has 0 fully saturated rings. The van der Waals surface area contributed by atoms with Gasteiger partial charge in [-0.2, -0.15) is 0 Å². The molecule has 108 valence electrons. The van der Waals surface area contributed by atoms with E-state index in [9.17, 15) is 14.4 Å². The van der Waals surface area contributed by atoms with Crippen LogP contribution in [0.25, 0.3) is 0 Å². The van der Waals surface area contributed by atoms with E-state index in [1.807, 2.05) is 0 Å². The number of nitrogens with two attached hydrogens (primary N) is 2. The number of anilines is 2. The van der Waals surface area contributed by atoms with E-state index in [0.29, 0.717) is 24.3 Å². The number of hydrogen-bond donors (Lipinski definition) is 4.